The summed E-state index contributed by atoms with van der Waals surface area (Å²) in [5, 5.41) is 30.6. The quantitative estimate of drug-likeness (QED) is 0.0679. The monoisotopic (exact) mass is 710 g/mol. The van der Waals surface area contributed by atoms with Gasteiger partial charge >= 0.3 is 6.01 Å². The van der Waals surface area contributed by atoms with Gasteiger partial charge in [0.25, 0.3) is 16.0 Å². The number of fused-ring (bicyclic) bond motifs is 1. The summed E-state index contributed by atoms with van der Waals surface area (Å²) in [6.07, 6.45) is 0. The number of nitrogens with one attached hydrogen (secondary N) is 3. The van der Waals surface area contributed by atoms with E-state index in [0.717, 1.165) is 5.56 Å². The lowest BCUT2D eigenvalue weighted by molar-refractivity contribution is 0.102. The zero-order valence-corrected chi connectivity index (χ0v) is 27.9. The summed E-state index contributed by atoms with van der Waals surface area (Å²) >= 11 is 5.96. The van der Waals surface area contributed by atoms with Gasteiger partial charge in [0.05, 0.1) is 23.3 Å². The van der Waals surface area contributed by atoms with Crippen LogP contribution in [-0.2, 0) is 10.1 Å². The first-order valence-electron chi connectivity index (χ1n) is 14.7. The lowest BCUT2D eigenvalue weighted by Crippen LogP contribution is -2.12. The minimum absolute atomic E-state index is 0.0119. The Morgan fingerprint density at radius 2 is 1.46 bits per heavy atom. The second-order valence-corrected chi connectivity index (χ2v) is 12.6. The average molecular weight is 711 g/mol. The Kier molecular flexibility index (Phi) is 9.54. The SMILES string of the molecule is COc1nc(Nc2ccc(S(=O)(=O)O)cc2)nc(Nc2ccc(N=Nc3c(O)c(C(=O)Nc4ccc(Cl)cc4)cc4ccccc34)c(C)c2)n1. The molecule has 0 aliphatic heterocycles. The van der Waals surface area contributed by atoms with Gasteiger partial charge in [-0.15, -0.1) is 5.11 Å². The van der Waals surface area contributed by atoms with Gasteiger partial charge in [-0.2, -0.15) is 28.5 Å². The van der Waals surface area contributed by atoms with Crippen molar-refractivity contribution in [1.82, 2.24) is 15.0 Å². The number of carbonyl (C=O) groups is 1. The van der Waals surface area contributed by atoms with Gasteiger partial charge < -0.3 is 25.8 Å². The van der Waals surface area contributed by atoms with Crippen LogP contribution in [0.15, 0.2) is 112 Å². The summed E-state index contributed by atoms with van der Waals surface area (Å²) in [5.74, 6) is -0.593. The number of aromatic hydroxyl groups is 1. The first kappa shape index (κ1) is 33.7. The number of anilines is 5. The minimum Gasteiger partial charge on any atom is -0.505 e. The van der Waals surface area contributed by atoms with Gasteiger partial charge in [0.1, 0.15) is 5.69 Å². The van der Waals surface area contributed by atoms with Crippen molar-refractivity contribution in [3.63, 3.8) is 0 Å². The number of aromatic nitrogens is 3. The summed E-state index contributed by atoms with van der Waals surface area (Å²) in [4.78, 5) is 25.7. The molecule has 6 aromatic rings. The number of nitrogens with zero attached hydrogens (tertiary/aromatic N) is 5. The van der Waals surface area contributed by atoms with Crippen LogP contribution in [0.25, 0.3) is 10.8 Å². The van der Waals surface area contributed by atoms with E-state index >= 15 is 0 Å². The predicted octanol–water partition coefficient (Wildman–Crippen LogP) is 8.10. The van der Waals surface area contributed by atoms with Crippen LogP contribution in [0.2, 0.25) is 5.02 Å². The fraction of sp³-hybridized carbons (Fsp3) is 0.0588. The molecule has 5 aromatic carbocycles. The van der Waals surface area contributed by atoms with Crippen LogP contribution in [0.3, 0.4) is 0 Å². The molecule has 1 amide bonds. The summed E-state index contributed by atoms with van der Waals surface area (Å²) in [6.45, 7) is 1.82. The molecule has 0 bridgehead atoms. The lowest BCUT2D eigenvalue weighted by atomic mass is 10.0. The molecule has 0 unspecified atom stereocenters. The molecule has 0 radical (unpaired) electrons. The Morgan fingerprint density at radius 1 is 0.820 bits per heavy atom. The Balaban J connectivity index is 1.23. The van der Waals surface area contributed by atoms with Crippen molar-refractivity contribution in [2.24, 2.45) is 10.2 Å². The maximum Gasteiger partial charge on any atom is 0.322 e. The number of azo groups is 1. The molecule has 0 spiro atoms. The van der Waals surface area contributed by atoms with Crippen LogP contribution >= 0.6 is 11.6 Å². The number of hydrogen-bond acceptors (Lipinski definition) is 12. The third-order valence-corrected chi connectivity index (χ3v) is 8.38. The Bertz CT molecular complexity index is 2370. The topological polar surface area (TPSA) is 200 Å². The average Bonchev–Trinajstić information content (AvgIpc) is 3.09. The number of benzene rings is 5. The molecular weight excluding hydrogens is 684 g/mol. The highest BCUT2D eigenvalue weighted by Crippen LogP contribution is 2.40. The second kappa shape index (κ2) is 14.1. The molecule has 0 saturated carbocycles. The van der Waals surface area contributed by atoms with Crippen LogP contribution in [0, 0.1) is 6.92 Å². The van der Waals surface area contributed by atoms with E-state index in [0.29, 0.717) is 38.5 Å². The van der Waals surface area contributed by atoms with Crippen LogP contribution in [0.1, 0.15) is 15.9 Å². The number of phenols is 1. The molecule has 1 heterocycles. The van der Waals surface area contributed by atoms with Gasteiger partial charge in [0.15, 0.2) is 5.75 Å². The third-order valence-electron chi connectivity index (χ3n) is 7.26. The van der Waals surface area contributed by atoms with Crippen LogP contribution in [0.5, 0.6) is 11.8 Å². The zero-order valence-electron chi connectivity index (χ0n) is 26.3. The van der Waals surface area contributed by atoms with Gasteiger partial charge in [-0.05, 0) is 90.7 Å². The van der Waals surface area contributed by atoms with Crippen molar-refractivity contribution < 1.29 is 27.6 Å². The molecule has 252 valence electrons. The zero-order chi connectivity index (χ0) is 35.4. The van der Waals surface area contributed by atoms with Gasteiger partial charge in [0.2, 0.25) is 11.9 Å². The van der Waals surface area contributed by atoms with Gasteiger partial charge in [-0.3, -0.25) is 9.35 Å². The molecule has 0 fully saturated rings. The Hall–Kier alpha value is -6.16. The molecule has 0 atom stereocenters. The van der Waals surface area contributed by atoms with E-state index in [9.17, 15) is 22.9 Å². The number of amides is 1. The number of ether oxygens (including phenoxy) is 1. The highest BCUT2D eigenvalue weighted by Gasteiger charge is 2.19. The number of methoxy groups -OCH3 is 1. The van der Waals surface area contributed by atoms with Crippen molar-refractivity contribution in [1.29, 1.82) is 0 Å². The fourth-order valence-electron chi connectivity index (χ4n) is 4.80. The van der Waals surface area contributed by atoms with Gasteiger partial charge in [-0.1, -0.05) is 35.9 Å². The number of hydrogen-bond donors (Lipinski definition) is 5. The second-order valence-electron chi connectivity index (χ2n) is 10.7. The summed E-state index contributed by atoms with van der Waals surface area (Å²) in [7, 11) is -2.94. The first-order valence-corrected chi connectivity index (χ1v) is 16.5. The van der Waals surface area contributed by atoms with E-state index in [2.05, 4.69) is 41.1 Å². The molecule has 16 heteroatoms. The van der Waals surface area contributed by atoms with E-state index in [1.54, 1.807) is 60.7 Å². The summed E-state index contributed by atoms with van der Waals surface area (Å²) in [6, 6.07) is 26.0. The molecule has 1 aromatic heterocycles. The van der Waals surface area contributed by atoms with Crippen LogP contribution < -0.4 is 20.7 Å². The minimum atomic E-state index is -4.34. The van der Waals surface area contributed by atoms with Crippen LogP contribution in [-0.4, -0.2) is 46.0 Å². The highest BCUT2D eigenvalue weighted by molar-refractivity contribution is 7.85. The van der Waals surface area contributed by atoms with Crippen molar-refractivity contribution in [3.05, 3.63) is 113 Å². The Morgan fingerprint density at radius 3 is 2.12 bits per heavy atom. The van der Waals surface area contributed by atoms with Crippen molar-refractivity contribution in [2.75, 3.05) is 23.1 Å². The maximum absolute atomic E-state index is 13.2. The summed E-state index contributed by atoms with van der Waals surface area (Å²) < 4.78 is 37.1. The lowest BCUT2D eigenvalue weighted by Gasteiger charge is -2.12. The number of carbonyl (C=O) groups excluding carboxylic acids is 1. The standard InChI is InChI=1S/C34H27ClN8O6S/c1-19-17-24(38-33-39-32(40-34(41-33)49-2)37-23-11-14-25(15-12-23)50(46,47)48)13-16-28(19)42-43-29-26-6-4-3-5-20(26)18-27(30(29)44)31(45)36-22-9-7-21(35)8-10-22/h3-18,44H,1-2H3,(H,36,45)(H,46,47,48)(H2,37,38,39,40,41). The van der Waals surface area contributed by atoms with Crippen LogP contribution in [0.4, 0.5) is 40.3 Å². The molecule has 50 heavy (non-hydrogen) atoms. The maximum atomic E-state index is 13.2. The fourth-order valence-corrected chi connectivity index (χ4v) is 5.41. The highest BCUT2D eigenvalue weighted by atomic mass is 35.5. The van der Waals surface area contributed by atoms with Crippen molar-refractivity contribution in [2.45, 2.75) is 11.8 Å². The molecular formula is C34H27ClN8O6S. The van der Waals surface area contributed by atoms with E-state index in [4.69, 9.17) is 16.3 Å². The molecule has 0 aliphatic carbocycles. The van der Waals surface area contributed by atoms with E-state index < -0.39 is 16.0 Å². The third kappa shape index (κ3) is 7.76. The Labute approximate surface area is 290 Å². The van der Waals surface area contributed by atoms with Crippen molar-refractivity contribution >= 4 is 78.7 Å². The van der Waals surface area contributed by atoms with Gasteiger partial charge in [0, 0.05) is 27.5 Å². The van der Waals surface area contributed by atoms with E-state index in [1.165, 1.54) is 31.4 Å². The molecule has 5 N–H and O–H groups in total. The number of halogens is 1. The van der Waals surface area contributed by atoms with Gasteiger partial charge in [-0.25, -0.2) is 0 Å². The molecule has 6 rings (SSSR count). The largest absolute Gasteiger partial charge is 0.505 e. The van der Waals surface area contributed by atoms with E-state index in [-0.39, 0.29) is 39.8 Å². The van der Waals surface area contributed by atoms with E-state index in [1.807, 2.05) is 19.1 Å². The molecule has 0 aliphatic rings. The van der Waals surface area contributed by atoms with Crippen molar-refractivity contribution in [3.8, 4) is 11.8 Å². The molecule has 0 saturated heterocycles. The number of rotatable bonds is 10. The number of aryl methyl sites for hydroxylation is 1. The first-order chi connectivity index (χ1) is 24.0. The number of phenolic OH excluding ortho intramolecular Hbond substituents is 1. The smallest absolute Gasteiger partial charge is 0.322 e. The molecule has 14 nitrogen and oxygen atoms in total. The predicted molar refractivity (Wildman–Crippen MR) is 190 cm³/mol. The summed E-state index contributed by atoms with van der Waals surface area (Å²) in [5.41, 5.74) is 2.95. The normalized spacial score (nSPS) is 11.4.